The Balaban J connectivity index is 2.23. The highest BCUT2D eigenvalue weighted by molar-refractivity contribution is 6.31. The van der Waals surface area contributed by atoms with Crippen LogP contribution in [-0.4, -0.2) is 24.8 Å². The second-order valence-electron chi connectivity index (χ2n) is 5.92. The molecular weight excluding hydrogens is 356 g/mol. The molecule has 136 valence electrons. The van der Waals surface area contributed by atoms with Crippen molar-refractivity contribution < 1.29 is 0 Å². The number of H-pyrrole nitrogens is 1. The number of rotatable bonds is 5. The van der Waals surface area contributed by atoms with Gasteiger partial charge in [0, 0.05) is 17.8 Å². The summed E-state index contributed by atoms with van der Waals surface area (Å²) in [5.74, 6) is 0.361. The second kappa shape index (κ2) is 7.17. The number of hydrazone groups is 1. The Bertz CT molecular complexity index is 1110. The van der Waals surface area contributed by atoms with E-state index in [1.54, 1.807) is 17.7 Å². The van der Waals surface area contributed by atoms with E-state index < -0.39 is 11.2 Å². The lowest BCUT2D eigenvalue weighted by atomic mass is 10.2. The maximum atomic E-state index is 12.4. The minimum atomic E-state index is -0.523. The van der Waals surface area contributed by atoms with E-state index in [1.165, 1.54) is 4.57 Å². The predicted octanol–water partition coefficient (Wildman–Crippen LogP) is 2.32. The van der Waals surface area contributed by atoms with Gasteiger partial charge in [-0.3, -0.25) is 18.9 Å². The van der Waals surface area contributed by atoms with Gasteiger partial charge in [-0.25, -0.2) is 10.2 Å². The van der Waals surface area contributed by atoms with Crippen LogP contribution in [0.5, 0.6) is 0 Å². The van der Waals surface area contributed by atoms with E-state index in [0.29, 0.717) is 17.5 Å². The first-order valence-corrected chi connectivity index (χ1v) is 8.52. The minimum absolute atomic E-state index is 0.276. The number of fused-ring (bicyclic) bond motifs is 1. The third-order valence-corrected chi connectivity index (χ3v) is 4.52. The Morgan fingerprint density at radius 3 is 2.77 bits per heavy atom. The highest BCUT2D eigenvalue weighted by atomic mass is 35.5. The molecule has 3 rings (SSSR count). The third kappa shape index (κ3) is 3.28. The van der Waals surface area contributed by atoms with Gasteiger partial charge >= 0.3 is 5.69 Å². The maximum absolute atomic E-state index is 12.4. The number of nitrogens with one attached hydrogen (secondary N) is 2. The number of aromatic amines is 1. The summed E-state index contributed by atoms with van der Waals surface area (Å²) in [7, 11) is 1.55. The number of aromatic nitrogens is 4. The van der Waals surface area contributed by atoms with Crippen LogP contribution in [0.1, 0.15) is 25.8 Å². The van der Waals surface area contributed by atoms with Gasteiger partial charge in [-0.15, -0.1) is 0 Å². The lowest BCUT2D eigenvalue weighted by molar-refractivity contribution is 0.808. The van der Waals surface area contributed by atoms with Crippen LogP contribution in [0.15, 0.2) is 39.0 Å². The first-order valence-electron chi connectivity index (χ1n) is 8.14. The first-order chi connectivity index (χ1) is 12.4. The number of nitrogens with zero attached hydrogens (tertiary/aromatic N) is 4. The van der Waals surface area contributed by atoms with Gasteiger partial charge in [0.1, 0.15) is 0 Å². The van der Waals surface area contributed by atoms with Crippen LogP contribution < -0.4 is 16.7 Å². The van der Waals surface area contributed by atoms with E-state index in [4.69, 9.17) is 11.6 Å². The van der Waals surface area contributed by atoms with Crippen molar-refractivity contribution in [3.63, 3.8) is 0 Å². The Morgan fingerprint density at radius 2 is 2.08 bits per heavy atom. The molecular formula is C17H19ClN6O2. The quantitative estimate of drug-likeness (QED) is 0.529. The zero-order chi connectivity index (χ0) is 18.8. The van der Waals surface area contributed by atoms with Crippen molar-refractivity contribution in [2.45, 2.75) is 26.8 Å². The monoisotopic (exact) mass is 374 g/mol. The minimum Gasteiger partial charge on any atom is -0.298 e. The smallest absolute Gasteiger partial charge is 0.298 e. The number of aryl methyl sites for hydroxylation is 1. The average Bonchev–Trinajstić information content (AvgIpc) is 2.98. The van der Waals surface area contributed by atoms with Gasteiger partial charge in [0.2, 0.25) is 5.95 Å². The van der Waals surface area contributed by atoms with Crippen LogP contribution in [-0.2, 0) is 13.6 Å². The van der Waals surface area contributed by atoms with Gasteiger partial charge in [-0.2, -0.15) is 10.1 Å². The molecule has 0 saturated heterocycles. The fourth-order valence-corrected chi connectivity index (χ4v) is 2.69. The molecule has 0 atom stereocenters. The van der Waals surface area contributed by atoms with E-state index >= 15 is 0 Å². The Kier molecular flexibility index (Phi) is 4.94. The Morgan fingerprint density at radius 1 is 1.35 bits per heavy atom. The molecule has 0 aliphatic heterocycles. The van der Waals surface area contributed by atoms with Gasteiger partial charge in [0.25, 0.3) is 5.56 Å². The fourth-order valence-electron chi connectivity index (χ4n) is 2.50. The van der Waals surface area contributed by atoms with E-state index in [2.05, 4.69) is 20.5 Å². The van der Waals surface area contributed by atoms with Crippen LogP contribution in [0.4, 0.5) is 5.95 Å². The molecule has 0 radical (unpaired) electrons. The molecule has 9 heteroatoms. The molecule has 8 nitrogen and oxygen atoms in total. The van der Waals surface area contributed by atoms with E-state index in [1.807, 2.05) is 32.0 Å². The van der Waals surface area contributed by atoms with Crippen molar-refractivity contribution >= 4 is 34.4 Å². The summed E-state index contributed by atoms with van der Waals surface area (Å²) < 4.78 is 2.96. The molecule has 0 amide bonds. The summed E-state index contributed by atoms with van der Waals surface area (Å²) in [5, 5.41) is 4.84. The fraction of sp³-hybridized carbons (Fsp3) is 0.294. The summed E-state index contributed by atoms with van der Waals surface area (Å²) in [4.78, 5) is 31.0. The second-order valence-corrected chi connectivity index (χ2v) is 6.32. The van der Waals surface area contributed by atoms with Crippen molar-refractivity contribution in [1.82, 2.24) is 19.1 Å². The van der Waals surface area contributed by atoms with Crippen LogP contribution in [0.3, 0.4) is 0 Å². The van der Waals surface area contributed by atoms with E-state index in [9.17, 15) is 9.59 Å². The Labute approximate surface area is 154 Å². The Hall–Kier alpha value is -2.87. The van der Waals surface area contributed by atoms with E-state index in [-0.39, 0.29) is 11.2 Å². The molecule has 0 aliphatic carbocycles. The van der Waals surface area contributed by atoms with Crippen molar-refractivity contribution in [2.75, 3.05) is 5.43 Å². The summed E-state index contributed by atoms with van der Waals surface area (Å²) in [6, 6.07) is 7.35. The molecule has 0 aliphatic rings. The topological polar surface area (TPSA) is 97.1 Å². The molecule has 1 aromatic carbocycles. The molecule has 0 spiro atoms. The standard InChI is InChI=1S/C17H19ClN6O2/c1-4-10(2)21-22-16-19-14-13(15(25)20-17(26)23(14)3)24(16)9-11-7-5-6-8-12(11)18/h5-8H,4,9H2,1-3H3,(H,19,22)(H,20,25,26). The largest absolute Gasteiger partial charge is 0.329 e. The summed E-state index contributed by atoms with van der Waals surface area (Å²) in [6.45, 7) is 4.18. The number of anilines is 1. The molecule has 2 aromatic heterocycles. The van der Waals surface area contributed by atoms with Gasteiger partial charge in [0.15, 0.2) is 11.2 Å². The number of halogens is 1. The van der Waals surface area contributed by atoms with Gasteiger partial charge in [-0.05, 0) is 25.0 Å². The summed E-state index contributed by atoms with van der Waals surface area (Å²) >= 11 is 6.27. The zero-order valence-corrected chi connectivity index (χ0v) is 15.5. The summed E-state index contributed by atoms with van der Waals surface area (Å²) in [6.07, 6.45) is 0.775. The predicted molar refractivity (Wildman–Crippen MR) is 103 cm³/mol. The zero-order valence-electron chi connectivity index (χ0n) is 14.7. The van der Waals surface area contributed by atoms with Gasteiger partial charge in [-0.1, -0.05) is 36.7 Å². The van der Waals surface area contributed by atoms with Crippen molar-refractivity contribution in [3.8, 4) is 0 Å². The third-order valence-electron chi connectivity index (χ3n) is 4.15. The van der Waals surface area contributed by atoms with Crippen LogP contribution in [0.25, 0.3) is 11.2 Å². The lowest BCUT2D eigenvalue weighted by Gasteiger charge is -2.10. The molecule has 3 aromatic rings. The highest BCUT2D eigenvalue weighted by Gasteiger charge is 2.18. The molecule has 26 heavy (non-hydrogen) atoms. The lowest BCUT2D eigenvalue weighted by Crippen LogP contribution is -2.29. The van der Waals surface area contributed by atoms with Crippen LogP contribution >= 0.6 is 11.6 Å². The van der Waals surface area contributed by atoms with Crippen LogP contribution in [0, 0.1) is 0 Å². The van der Waals surface area contributed by atoms with E-state index in [0.717, 1.165) is 17.7 Å². The maximum Gasteiger partial charge on any atom is 0.329 e. The van der Waals surface area contributed by atoms with Crippen molar-refractivity contribution in [2.24, 2.45) is 12.1 Å². The number of imidazole rings is 1. The highest BCUT2D eigenvalue weighted by Crippen LogP contribution is 2.21. The molecule has 0 unspecified atom stereocenters. The molecule has 0 saturated carbocycles. The van der Waals surface area contributed by atoms with Crippen molar-refractivity contribution in [3.05, 3.63) is 55.7 Å². The van der Waals surface area contributed by atoms with Gasteiger partial charge in [0.05, 0.1) is 6.54 Å². The van der Waals surface area contributed by atoms with Crippen molar-refractivity contribution in [1.29, 1.82) is 0 Å². The molecule has 0 bridgehead atoms. The number of hydrogen-bond donors (Lipinski definition) is 2. The number of hydrogen-bond acceptors (Lipinski definition) is 5. The first kappa shape index (κ1) is 17.9. The summed E-state index contributed by atoms with van der Waals surface area (Å²) in [5.41, 5.74) is 4.12. The SMILES string of the molecule is CCC(C)=NNc1nc2c(c(=O)[nH]c(=O)n2C)n1Cc1ccccc1Cl. The average molecular weight is 375 g/mol. The molecule has 2 N–H and O–H groups in total. The molecule has 2 heterocycles. The van der Waals surface area contributed by atoms with Crippen LogP contribution in [0.2, 0.25) is 5.02 Å². The normalized spacial score (nSPS) is 11.9. The molecule has 0 fully saturated rings. The number of benzene rings is 1. The van der Waals surface area contributed by atoms with Gasteiger partial charge < -0.3 is 0 Å².